The van der Waals surface area contributed by atoms with Crippen LogP contribution in [0.4, 0.5) is 0 Å². The molecule has 1 aliphatic heterocycles. The largest absolute Gasteiger partial charge is 0.324 e. The maximum atomic E-state index is 11.4. The minimum Gasteiger partial charge on any atom is -0.273 e. The van der Waals surface area contributed by atoms with Gasteiger partial charge in [0.1, 0.15) is 0 Å². The summed E-state index contributed by atoms with van der Waals surface area (Å²) in [7, 11) is 1.23. The Labute approximate surface area is 96.0 Å². The van der Waals surface area contributed by atoms with E-state index in [1.807, 2.05) is 11.4 Å². The summed E-state index contributed by atoms with van der Waals surface area (Å²) in [5.41, 5.74) is 0. The highest BCUT2D eigenvalue weighted by Crippen LogP contribution is 2.44. The van der Waals surface area contributed by atoms with Gasteiger partial charge in [-0.15, -0.1) is 11.3 Å². The average molecular weight is 266 g/mol. The molecule has 0 saturated carbocycles. The van der Waals surface area contributed by atoms with Crippen LogP contribution >= 0.6 is 22.0 Å². The Balaban J connectivity index is 2.37. The highest BCUT2D eigenvalue weighted by Gasteiger charge is 2.51. The Bertz CT molecular complexity index is 482. The lowest BCUT2D eigenvalue weighted by atomic mass is 9.91. The fourth-order valence-corrected chi connectivity index (χ4v) is 4.06. The van der Waals surface area contributed by atoms with Gasteiger partial charge < -0.3 is 0 Å². The molecule has 82 valence electrons. The zero-order chi connectivity index (χ0) is 11.2. The minimum atomic E-state index is -3.96. The van der Waals surface area contributed by atoms with Gasteiger partial charge in [0.05, 0.1) is 12.0 Å². The third-order valence-corrected chi connectivity index (χ3v) is 4.67. The predicted octanol–water partition coefficient (Wildman–Crippen LogP) is 1.75. The van der Waals surface area contributed by atoms with Gasteiger partial charge in [-0.05, 0) is 11.4 Å². The lowest BCUT2D eigenvalue weighted by molar-refractivity contribution is -0.145. The van der Waals surface area contributed by atoms with Crippen molar-refractivity contribution >= 4 is 37.2 Å². The van der Waals surface area contributed by atoms with Gasteiger partial charge in [0.25, 0.3) is 0 Å². The minimum absolute atomic E-state index is 0.322. The quantitative estimate of drug-likeness (QED) is 0.605. The molecular weight excluding hydrogens is 258 g/mol. The molecule has 2 unspecified atom stereocenters. The second-order valence-electron chi connectivity index (χ2n) is 3.33. The molecule has 0 aliphatic carbocycles. The van der Waals surface area contributed by atoms with Crippen LogP contribution in [0.15, 0.2) is 17.5 Å². The number of halogens is 1. The molecule has 1 saturated heterocycles. The van der Waals surface area contributed by atoms with Crippen molar-refractivity contribution in [3.63, 3.8) is 0 Å². The van der Waals surface area contributed by atoms with Crippen LogP contribution in [0.3, 0.4) is 0 Å². The van der Waals surface area contributed by atoms with E-state index in [1.165, 1.54) is 11.3 Å². The lowest BCUT2D eigenvalue weighted by Gasteiger charge is -2.42. The molecule has 1 aromatic heterocycles. The predicted molar refractivity (Wildman–Crippen MR) is 57.8 cm³/mol. The first-order valence-electron chi connectivity index (χ1n) is 4.24. The third kappa shape index (κ3) is 1.66. The van der Waals surface area contributed by atoms with E-state index < -0.39 is 21.2 Å². The van der Waals surface area contributed by atoms with Crippen LogP contribution in [-0.4, -0.2) is 18.6 Å². The fourth-order valence-electron chi connectivity index (χ4n) is 1.66. The van der Waals surface area contributed by atoms with Gasteiger partial charge >= 0.3 is 9.24 Å². The molecule has 1 aliphatic rings. The van der Waals surface area contributed by atoms with Gasteiger partial charge in [-0.3, -0.25) is 4.79 Å². The number of hydrogen-bond donors (Lipinski definition) is 0. The van der Waals surface area contributed by atoms with Crippen molar-refractivity contribution in [3.05, 3.63) is 22.4 Å². The molecule has 4 nitrogen and oxygen atoms in total. The van der Waals surface area contributed by atoms with Crippen molar-refractivity contribution in [1.29, 1.82) is 0 Å². The summed E-state index contributed by atoms with van der Waals surface area (Å²) in [4.78, 5) is 12.2. The van der Waals surface area contributed by atoms with Crippen molar-refractivity contribution in [2.24, 2.45) is 5.92 Å². The monoisotopic (exact) mass is 265 g/mol. The average Bonchev–Trinajstić information content (AvgIpc) is 2.62. The number of amides is 1. The first kappa shape index (κ1) is 10.9. The van der Waals surface area contributed by atoms with Gasteiger partial charge in [-0.2, -0.15) is 8.42 Å². The maximum Gasteiger partial charge on any atom is 0.324 e. The van der Waals surface area contributed by atoms with Crippen molar-refractivity contribution in [3.8, 4) is 0 Å². The number of β-lactam (4-membered cyclic amide) rings is 1. The topological polar surface area (TPSA) is 54.5 Å². The summed E-state index contributed by atoms with van der Waals surface area (Å²) in [6.07, 6.45) is 0. The van der Waals surface area contributed by atoms with E-state index in [0.717, 1.165) is 9.18 Å². The first-order valence-corrected chi connectivity index (χ1v) is 7.39. The number of thiophene rings is 1. The van der Waals surface area contributed by atoms with Crippen LogP contribution in [0.1, 0.15) is 17.8 Å². The van der Waals surface area contributed by atoms with Crippen LogP contribution in [0.2, 0.25) is 0 Å². The Morgan fingerprint density at radius 1 is 1.53 bits per heavy atom. The number of hydrogen-bond acceptors (Lipinski definition) is 4. The SMILES string of the molecule is CC1C(=O)N(S(=O)(=O)Cl)C1c1cccs1. The molecule has 15 heavy (non-hydrogen) atoms. The smallest absolute Gasteiger partial charge is 0.273 e. The molecule has 0 N–H and O–H groups in total. The molecule has 2 heterocycles. The Hall–Kier alpha value is -0.590. The zero-order valence-electron chi connectivity index (χ0n) is 7.75. The lowest BCUT2D eigenvalue weighted by Crippen LogP contribution is -2.54. The molecular formula is C8H8ClNO3S2. The Morgan fingerprint density at radius 3 is 2.67 bits per heavy atom. The van der Waals surface area contributed by atoms with Crippen molar-refractivity contribution in [1.82, 2.24) is 4.31 Å². The Kier molecular flexibility index (Phi) is 2.52. The van der Waals surface area contributed by atoms with Gasteiger partial charge in [0, 0.05) is 15.6 Å². The van der Waals surface area contributed by atoms with Gasteiger partial charge in [0.15, 0.2) is 0 Å². The fraction of sp³-hybridized carbons (Fsp3) is 0.375. The Morgan fingerprint density at radius 2 is 2.20 bits per heavy atom. The van der Waals surface area contributed by atoms with E-state index in [4.69, 9.17) is 10.7 Å². The molecule has 0 spiro atoms. The van der Waals surface area contributed by atoms with Crippen molar-refractivity contribution < 1.29 is 13.2 Å². The number of carbonyl (C=O) groups is 1. The molecule has 1 fully saturated rings. The summed E-state index contributed by atoms with van der Waals surface area (Å²) >= 11 is 1.42. The molecule has 1 amide bonds. The van der Waals surface area contributed by atoms with E-state index in [9.17, 15) is 13.2 Å². The van der Waals surface area contributed by atoms with Crippen molar-refractivity contribution in [2.75, 3.05) is 0 Å². The number of carbonyl (C=O) groups excluding carboxylic acids is 1. The van der Waals surface area contributed by atoms with Crippen LogP contribution in [0.5, 0.6) is 0 Å². The molecule has 1 aromatic rings. The number of rotatable bonds is 2. The molecule has 7 heteroatoms. The summed E-state index contributed by atoms with van der Waals surface area (Å²) in [5.74, 6) is -0.763. The highest BCUT2D eigenvalue weighted by molar-refractivity contribution is 8.12. The molecule has 0 radical (unpaired) electrons. The van der Waals surface area contributed by atoms with Crippen LogP contribution in [0.25, 0.3) is 0 Å². The van der Waals surface area contributed by atoms with E-state index in [-0.39, 0.29) is 5.92 Å². The van der Waals surface area contributed by atoms with E-state index >= 15 is 0 Å². The standard InChI is InChI=1S/C8H8ClNO3S2/c1-5-7(6-3-2-4-14-6)10(8(5)11)15(9,12)13/h2-5,7H,1H3. The normalized spacial score (nSPS) is 26.5. The summed E-state index contributed by atoms with van der Waals surface area (Å²) in [5, 5.41) is 1.84. The number of nitrogens with zero attached hydrogens (tertiary/aromatic N) is 1. The van der Waals surface area contributed by atoms with E-state index in [0.29, 0.717) is 0 Å². The van der Waals surface area contributed by atoms with Gasteiger partial charge in [-0.1, -0.05) is 13.0 Å². The summed E-state index contributed by atoms with van der Waals surface area (Å²) in [6.45, 7) is 1.70. The summed E-state index contributed by atoms with van der Waals surface area (Å²) in [6, 6.07) is 3.18. The maximum absolute atomic E-state index is 11.4. The zero-order valence-corrected chi connectivity index (χ0v) is 10.1. The van der Waals surface area contributed by atoms with Crippen LogP contribution in [-0.2, 0) is 14.0 Å². The van der Waals surface area contributed by atoms with Gasteiger partial charge in [0.2, 0.25) is 5.91 Å². The second kappa shape index (κ2) is 3.47. The molecule has 2 rings (SSSR count). The highest BCUT2D eigenvalue weighted by atomic mass is 35.7. The first-order chi connectivity index (χ1) is 6.93. The van der Waals surface area contributed by atoms with E-state index in [1.54, 1.807) is 13.0 Å². The molecule has 0 bridgehead atoms. The van der Waals surface area contributed by atoms with Gasteiger partial charge in [-0.25, -0.2) is 4.31 Å². The van der Waals surface area contributed by atoms with Crippen LogP contribution in [0, 0.1) is 5.92 Å². The van der Waals surface area contributed by atoms with E-state index in [2.05, 4.69) is 0 Å². The summed E-state index contributed by atoms with van der Waals surface area (Å²) < 4.78 is 23.0. The van der Waals surface area contributed by atoms with Crippen LogP contribution < -0.4 is 0 Å². The molecule has 2 atom stereocenters. The third-order valence-electron chi connectivity index (χ3n) is 2.40. The van der Waals surface area contributed by atoms with Crippen molar-refractivity contribution in [2.45, 2.75) is 13.0 Å². The second-order valence-corrected chi connectivity index (χ2v) is 6.69. The molecule has 0 aromatic carbocycles.